The second kappa shape index (κ2) is 4.87. The first-order chi connectivity index (χ1) is 13.8. The molecular formula is C24H14N4. The number of nitrogens with zero attached hydrogens (tertiary/aromatic N) is 2. The molecule has 0 radical (unpaired) electrons. The Bertz CT molecular complexity index is 1390. The summed E-state index contributed by atoms with van der Waals surface area (Å²) in [6.07, 6.45) is 16.9. The van der Waals surface area contributed by atoms with E-state index in [1.807, 2.05) is 0 Å². The summed E-state index contributed by atoms with van der Waals surface area (Å²) in [5, 5.41) is 0. The number of aromatic nitrogens is 4. The van der Waals surface area contributed by atoms with Crippen LogP contribution in [0.1, 0.15) is 45.0 Å². The fraction of sp³-hybridized carbons (Fsp3) is 0. The number of hydrogen-bond donors (Lipinski definition) is 2. The van der Waals surface area contributed by atoms with Crippen molar-refractivity contribution in [1.29, 1.82) is 0 Å². The van der Waals surface area contributed by atoms with Gasteiger partial charge in [-0.2, -0.15) is 0 Å². The third-order valence-electron chi connectivity index (χ3n) is 5.62. The monoisotopic (exact) mass is 358 g/mol. The van der Waals surface area contributed by atoms with E-state index in [1.165, 1.54) is 11.1 Å². The van der Waals surface area contributed by atoms with Gasteiger partial charge in [0.2, 0.25) is 0 Å². The summed E-state index contributed by atoms with van der Waals surface area (Å²) in [7, 11) is 0. The number of aromatic amines is 2. The van der Waals surface area contributed by atoms with Crippen LogP contribution < -0.4 is 0 Å². The van der Waals surface area contributed by atoms with Gasteiger partial charge in [0.1, 0.15) is 0 Å². The largest absolute Gasteiger partial charge is 0.354 e. The molecule has 130 valence electrons. The van der Waals surface area contributed by atoms with Gasteiger partial charge in [-0.15, -0.1) is 0 Å². The molecule has 2 N–H and O–H groups in total. The zero-order valence-corrected chi connectivity index (χ0v) is 14.8. The van der Waals surface area contributed by atoms with Gasteiger partial charge >= 0.3 is 0 Å². The van der Waals surface area contributed by atoms with Gasteiger partial charge in [-0.25, -0.2) is 9.97 Å². The molecule has 0 unspecified atom stereocenters. The average molecular weight is 358 g/mol. The maximum atomic E-state index is 4.84. The molecule has 3 aromatic heterocycles. The number of nitrogens with one attached hydrogen (secondary N) is 2. The van der Waals surface area contributed by atoms with E-state index < -0.39 is 0 Å². The molecule has 3 aromatic rings. The fourth-order valence-electron chi connectivity index (χ4n) is 4.32. The van der Waals surface area contributed by atoms with Gasteiger partial charge in [-0.3, -0.25) is 0 Å². The first-order valence-electron chi connectivity index (χ1n) is 9.35. The first kappa shape index (κ1) is 14.2. The molecule has 4 aliphatic rings. The molecule has 4 nitrogen and oxygen atoms in total. The third-order valence-corrected chi connectivity index (χ3v) is 5.62. The number of hydrogen-bond acceptors (Lipinski definition) is 2. The first-order valence-corrected chi connectivity index (χ1v) is 9.35. The van der Waals surface area contributed by atoms with E-state index in [9.17, 15) is 0 Å². The van der Waals surface area contributed by atoms with Gasteiger partial charge in [0.25, 0.3) is 0 Å². The smallest absolute Gasteiger partial charge is 0.0731 e. The van der Waals surface area contributed by atoms with Crippen LogP contribution in [0.15, 0.2) is 24.3 Å². The van der Waals surface area contributed by atoms with Crippen molar-refractivity contribution in [2.75, 3.05) is 0 Å². The Morgan fingerprint density at radius 1 is 0.500 bits per heavy atom. The van der Waals surface area contributed by atoms with E-state index in [1.54, 1.807) is 0 Å². The van der Waals surface area contributed by atoms with Crippen molar-refractivity contribution in [3.05, 3.63) is 69.3 Å². The third kappa shape index (κ3) is 1.89. The molecule has 5 heterocycles. The molecule has 28 heavy (non-hydrogen) atoms. The molecule has 2 aliphatic carbocycles. The van der Waals surface area contributed by atoms with Crippen LogP contribution >= 0.6 is 0 Å². The van der Waals surface area contributed by atoms with Crippen LogP contribution in [0.4, 0.5) is 0 Å². The van der Waals surface area contributed by atoms with E-state index in [2.05, 4.69) is 82.8 Å². The molecule has 0 fully saturated rings. The Morgan fingerprint density at radius 3 is 1.50 bits per heavy atom. The highest BCUT2D eigenvalue weighted by Gasteiger charge is 2.15. The fourth-order valence-corrected chi connectivity index (χ4v) is 4.32. The topological polar surface area (TPSA) is 57.4 Å². The standard InChI is InChI=1S/C24H14N4/c1-5-19-21-7-3-16(25-21)12-18-10-14-2-6-20(24(14)28-18)22-8-4-15(26-22)11-17-9-13(1)23(19)27-17/h1-12,27-28H. The maximum absolute atomic E-state index is 4.84. The van der Waals surface area contributed by atoms with Crippen molar-refractivity contribution in [1.82, 2.24) is 19.9 Å². The van der Waals surface area contributed by atoms with E-state index >= 15 is 0 Å². The minimum atomic E-state index is 0.953. The maximum Gasteiger partial charge on any atom is 0.0731 e. The molecule has 0 aromatic carbocycles. The Kier molecular flexibility index (Phi) is 2.46. The van der Waals surface area contributed by atoms with E-state index in [4.69, 9.17) is 9.97 Å². The van der Waals surface area contributed by atoms with Gasteiger partial charge < -0.3 is 9.97 Å². The minimum Gasteiger partial charge on any atom is -0.354 e. The lowest BCUT2D eigenvalue weighted by molar-refractivity contribution is 1.30. The molecule has 0 spiro atoms. The number of fused-ring (bicyclic) bond motifs is 8. The molecule has 7 rings (SSSR count). The molecule has 0 saturated carbocycles. The lowest BCUT2D eigenvalue weighted by Crippen LogP contribution is -1.81. The van der Waals surface area contributed by atoms with Gasteiger partial charge in [0.05, 0.1) is 33.8 Å². The molecule has 2 aliphatic heterocycles. The van der Waals surface area contributed by atoms with Crippen LogP contribution in [0, 0.1) is 0 Å². The zero-order valence-electron chi connectivity index (χ0n) is 14.8. The van der Waals surface area contributed by atoms with Crippen LogP contribution in [0.25, 0.3) is 70.7 Å². The average Bonchev–Trinajstić information content (AvgIpc) is 3.44. The molecule has 4 heteroatoms. The highest BCUT2D eigenvalue weighted by molar-refractivity contribution is 6.00. The highest BCUT2D eigenvalue weighted by Crippen LogP contribution is 2.32. The summed E-state index contributed by atoms with van der Waals surface area (Å²) < 4.78 is 0. The zero-order chi connectivity index (χ0) is 18.2. The molecule has 0 saturated heterocycles. The minimum absolute atomic E-state index is 0.953. The molecule has 8 bridgehead atoms. The van der Waals surface area contributed by atoms with E-state index in [0.717, 1.165) is 56.0 Å². The second-order valence-electron chi connectivity index (χ2n) is 7.40. The van der Waals surface area contributed by atoms with E-state index in [-0.39, 0.29) is 0 Å². The Hall–Kier alpha value is -3.92. The number of H-pyrrole nitrogens is 2. The van der Waals surface area contributed by atoms with Crippen molar-refractivity contribution >= 4 is 70.7 Å². The van der Waals surface area contributed by atoms with Crippen LogP contribution in [-0.2, 0) is 0 Å². The van der Waals surface area contributed by atoms with Gasteiger partial charge in [0, 0.05) is 33.3 Å². The Morgan fingerprint density at radius 2 is 1.00 bits per heavy atom. The SMILES string of the molecule is C1=Cc2nc1cc1cc3c([nH]1)c(c1nc(cc4cc5c([nH]4)c2C=C5)C=C1)C=C3. The van der Waals surface area contributed by atoms with Crippen LogP contribution in [0.3, 0.4) is 0 Å². The lowest BCUT2D eigenvalue weighted by Gasteiger charge is -1.93. The number of rotatable bonds is 0. The predicted molar refractivity (Wildman–Crippen MR) is 117 cm³/mol. The summed E-state index contributed by atoms with van der Waals surface area (Å²) >= 11 is 0. The quantitative estimate of drug-likeness (QED) is 0.369. The van der Waals surface area contributed by atoms with Gasteiger partial charge in [-0.1, -0.05) is 24.3 Å². The Labute approximate surface area is 160 Å². The summed E-state index contributed by atoms with van der Waals surface area (Å²) in [4.78, 5) is 16.8. The van der Waals surface area contributed by atoms with Crippen LogP contribution in [0.5, 0.6) is 0 Å². The molecular weight excluding hydrogens is 344 g/mol. The summed E-state index contributed by atoms with van der Waals surface area (Å²) in [6, 6.07) is 8.52. The highest BCUT2D eigenvalue weighted by atomic mass is 14.8. The lowest BCUT2D eigenvalue weighted by atomic mass is 10.2. The van der Waals surface area contributed by atoms with E-state index in [0.29, 0.717) is 0 Å². The molecule has 0 amide bonds. The van der Waals surface area contributed by atoms with Crippen molar-refractivity contribution < 1.29 is 0 Å². The summed E-state index contributed by atoms with van der Waals surface area (Å²) in [6.45, 7) is 0. The normalized spacial score (nSPS) is 14.6. The van der Waals surface area contributed by atoms with Crippen LogP contribution in [-0.4, -0.2) is 19.9 Å². The van der Waals surface area contributed by atoms with Crippen molar-refractivity contribution in [3.8, 4) is 0 Å². The second-order valence-corrected chi connectivity index (χ2v) is 7.40. The van der Waals surface area contributed by atoms with Crippen molar-refractivity contribution in [2.45, 2.75) is 0 Å². The Balaban J connectivity index is 1.66. The summed E-state index contributed by atoms with van der Waals surface area (Å²) in [5.74, 6) is 0. The van der Waals surface area contributed by atoms with Crippen molar-refractivity contribution in [3.63, 3.8) is 0 Å². The van der Waals surface area contributed by atoms with Crippen LogP contribution in [0.2, 0.25) is 0 Å². The predicted octanol–water partition coefficient (Wildman–Crippen LogP) is 5.62. The van der Waals surface area contributed by atoms with Crippen molar-refractivity contribution in [2.24, 2.45) is 0 Å². The summed E-state index contributed by atoms with van der Waals surface area (Å²) in [5.41, 5.74) is 12.9. The van der Waals surface area contributed by atoms with Gasteiger partial charge in [-0.05, 0) is 48.6 Å². The van der Waals surface area contributed by atoms with Gasteiger partial charge in [0.15, 0.2) is 0 Å². The molecule has 0 atom stereocenters.